The predicted molar refractivity (Wildman–Crippen MR) is 114 cm³/mol. The fourth-order valence-electron chi connectivity index (χ4n) is 3.30. The largest absolute Gasteiger partial charge is 0.369 e. The number of aryl methyl sites for hydroxylation is 1. The number of hydrogen-bond acceptors (Lipinski definition) is 2. The third-order valence-electron chi connectivity index (χ3n) is 4.96. The molecule has 0 N–H and O–H groups in total. The normalized spacial score (nSPS) is 10.6. The van der Waals surface area contributed by atoms with E-state index in [1.807, 2.05) is 13.2 Å². The van der Waals surface area contributed by atoms with E-state index in [9.17, 15) is 4.39 Å². The summed E-state index contributed by atoms with van der Waals surface area (Å²) in [7, 11) is 2.01. The van der Waals surface area contributed by atoms with Crippen molar-refractivity contribution < 1.29 is 4.39 Å². The summed E-state index contributed by atoms with van der Waals surface area (Å²) in [4.78, 5) is 6.78. The van der Waals surface area contributed by atoms with Gasteiger partial charge in [0.25, 0.3) is 0 Å². The van der Waals surface area contributed by atoms with Crippen molar-refractivity contribution in [3.05, 3.63) is 70.9 Å². The van der Waals surface area contributed by atoms with Crippen LogP contribution in [0.1, 0.15) is 30.8 Å². The van der Waals surface area contributed by atoms with Crippen molar-refractivity contribution in [3.8, 4) is 0 Å². The number of benzene rings is 1. The van der Waals surface area contributed by atoms with Gasteiger partial charge in [-0.15, -0.1) is 12.4 Å². The van der Waals surface area contributed by atoms with Crippen LogP contribution in [-0.2, 0) is 13.1 Å². The van der Waals surface area contributed by atoms with Crippen LogP contribution in [-0.4, -0.2) is 16.6 Å². The van der Waals surface area contributed by atoms with Crippen molar-refractivity contribution in [2.45, 2.75) is 40.8 Å². The number of nitrogens with zero attached hydrogens (tertiary/aromatic N) is 3. The first-order chi connectivity index (χ1) is 12.4. The minimum Gasteiger partial charge on any atom is -0.369 e. The van der Waals surface area contributed by atoms with Gasteiger partial charge in [-0.3, -0.25) is 4.98 Å². The highest BCUT2D eigenvalue weighted by atomic mass is 35.5. The molecule has 0 saturated carbocycles. The molecule has 0 spiro atoms. The first-order valence-electron chi connectivity index (χ1n) is 8.92. The van der Waals surface area contributed by atoms with Crippen molar-refractivity contribution in [2.24, 2.45) is 0 Å². The Kier molecular flexibility index (Phi) is 6.66. The monoisotopic (exact) mass is 387 g/mol. The summed E-state index contributed by atoms with van der Waals surface area (Å²) in [6.07, 6.45) is 4.13. The molecular weight excluding hydrogens is 361 g/mol. The van der Waals surface area contributed by atoms with Crippen LogP contribution in [0.3, 0.4) is 0 Å². The lowest BCUT2D eigenvalue weighted by Gasteiger charge is -2.20. The van der Waals surface area contributed by atoms with E-state index >= 15 is 0 Å². The van der Waals surface area contributed by atoms with Gasteiger partial charge in [0.05, 0.1) is 17.8 Å². The molecule has 0 fully saturated rings. The smallest absolute Gasteiger partial charge is 0.123 e. The summed E-state index contributed by atoms with van der Waals surface area (Å²) in [6, 6.07) is 8.68. The van der Waals surface area contributed by atoms with Crippen LogP contribution in [0.2, 0.25) is 0 Å². The maximum absolute atomic E-state index is 13.2. The molecule has 3 aromatic rings. The highest BCUT2D eigenvalue weighted by Crippen LogP contribution is 2.28. The molecule has 0 atom stereocenters. The molecule has 0 bridgehead atoms. The SMILES string of the molecule is CC(C)=CCn1c(C)c(C)c2ccnc(CN(C)c3ccc(F)cc3)c21.Cl. The van der Waals surface area contributed by atoms with Gasteiger partial charge in [-0.1, -0.05) is 11.6 Å². The molecule has 0 aliphatic carbocycles. The number of fused-ring (bicyclic) bond motifs is 1. The molecule has 144 valence electrons. The van der Waals surface area contributed by atoms with Crippen LogP contribution < -0.4 is 4.90 Å². The molecule has 1 aromatic carbocycles. The average molecular weight is 388 g/mol. The molecule has 0 amide bonds. The van der Waals surface area contributed by atoms with E-state index in [0.29, 0.717) is 6.54 Å². The average Bonchev–Trinajstić information content (AvgIpc) is 2.86. The van der Waals surface area contributed by atoms with Crippen LogP contribution in [0.4, 0.5) is 10.1 Å². The number of anilines is 1. The Morgan fingerprint density at radius 2 is 1.81 bits per heavy atom. The number of aromatic nitrogens is 2. The Balaban J connectivity index is 0.00000261. The molecule has 0 aliphatic heterocycles. The molecule has 3 rings (SSSR count). The van der Waals surface area contributed by atoms with Gasteiger partial charge in [-0.25, -0.2) is 4.39 Å². The molecule has 0 unspecified atom stereocenters. The summed E-state index contributed by atoms with van der Waals surface area (Å²) in [6.45, 7) is 10.1. The molecule has 0 aliphatic rings. The predicted octanol–water partition coefficient (Wildman–Crippen LogP) is 5.82. The van der Waals surface area contributed by atoms with Crippen LogP contribution >= 0.6 is 12.4 Å². The summed E-state index contributed by atoms with van der Waals surface area (Å²) >= 11 is 0. The number of pyridine rings is 1. The van der Waals surface area contributed by atoms with Crippen molar-refractivity contribution in [1.82, 2.24) is 9.55 Å². The zero-order chi connectivity index (χ0) is 18.8. The van der Waals surface area contributed by atoms with Crippen molar-refractivity contribution >= 4 is 29.0 Å². The van der Waals surface area contributed by atoms with E-state index in [0.717, 1.165) is 17.9 Å². The lowest BCUT2D eigenvalue weighted by molar-refractivity contribution is 0.627. The van der Waals surface area contributed by atoms with Crippen molar-refractivity contribution in [1.29, 1.82) is 0 Å². The summed E-state index contributed by atoms with van der Waals surface area (Å²) in [5.74, 6) is -0.218. The highest BCUT2D eigenvalue weighted by Gasteiger charge is 2.16. The lowest BCUT2D eigenvalue weighted by atomic mass is 10.1. The zero-order valence-corrected chi connectivity index (χ0v) is 17.4. The van der Waals surface area contributed by atoms with Crippen molar-refractivity contribution in [2.75, 3.05) is 11.9 Å². The Morgan fingerprint density at radius 1 is 1.15 bits per heavy atom. The zero-order valence-electron chi connectivity index (χ0n) is 16.6. The van der Waals surface area contributed by atoms with Crippen LogP contribution in [0.25, 0.3) is 10.9 Å². The van der Waals surface area contributed by atoms with Gasteiger partial charge in [-0.05, 0) is 63.6 Å². The van der Waals surface area contributed by atoms with Gasteiger partial charge in [0, 0.05) is 36.6 Å². The molecule has 0 radical (unpaired) electrons. The fraction of sp³-hybridized carbons (Fsp3) is 0.318. The van der Waals surface area contributed by atoms with Crippen molar-refractivity contribution in [3.63, 3.8) is 0 Å². The van der Waals surface area contributed by atoms with Crippen LogP contribution in [0, 0.1) is 19.7 Å². The maximum Gasteiger partial charge on any atom is 0.123 e. The third kappa shape index (κ3) is 4.33. The van der Waals surface area contributed by atoms with Crippen LogP contribution in [0.5, 0.6) is 0 Å². The second-order valence-corrected chi connectivity index (χ2v) is 7.09. The topological polar surface area (TPSA) is 21.1 Å². The highest BCUT2D eigenvalue weighted by molar-refractivity contribution is 5.87. The van der Waals surface area contributed by atoms with E-state index in [1.54, 1.807) is 12.1 Å². The first-order valence-corrected chi connectivity index (χ1v) is 8.92. The molecule has 2 aromatic heterocycles. The van der Waals surface area contributed by atoms with Gasteiger partial charge < -0.3 is 9.47 Å². The van der Waals surface area contributed by atoms with E-state index in [4.69, 9.17) is 0 Å². The standard InChI is InChI=1S/C22H26FN3.ClH/c1-15(2)11-13-26-17(4)16(3)20-10-12-24-21(22(20)26)14-25(5)19-8-6-18(23)7-9-19;/h6-12H,13-14H2,1-5H3;1H. The van der Waals surface area contributed by atoms with Gasteiger partial charge in [-0.2, -0.15) is 0 Å². The van der Waals surface area contributed by atoms with Gasteiger partial charge in [0.2, 0.25) is 0 Å². The lowest BCUT2D eigenvalue weighted by Crippen LogP contribution is -2.18. The van der Waals surface area contributed by atoms with Crippen LogP contribution in [0.15, 0.2) is 48.2 Å². The number of hydrogen-bond donors (Lipinski definition) is 0. The molecule has 3 nitrogen and oxygen atoms in total. The molecular formula is C22H27ClFN3. The number of allylic oxidation sites excluding steroid dienone is 2. The quantitative estimate of drug-likeness (QED) is 0.514. The number of rotatable bonds is 5. The Bertz CT molecular complexity index is 954. The number of halogens is 2. The Morgan fingerprint density at radius 3 is 2.44 bits per heavy atom. The van der Waals surface area contributed by atoms with Gasteiger partial charge in [0.15, 0.2) is 0 Å². The van der Waals surface area contributed by atoms with E-state index in [-0.39, 0.29) is 18.2 Å². The molecule has 5 heteroatoms. The Hall–Kier alpha value is -2.33. The fourth-order valence-corrected chi connectivity index (χ4v) is 3.30. The summed E-state index contributed by atoms with van der Waals surface area (Å²) in [5.41, 5.74) is 7.08. The summed E-state index contributed by atoms with van der Waals surface area (Å²) < 4.78 is 15.5. The minimum absolute atomic E-state index is 0. The van der Waals surface area contributed by atoms with E-state index in [2.05, 4.69) is 54.3 Å². The second kappa shape index (κ2) is 8.57. The van der Waals surface area contributed by atoms with Gasteiger partial charge in [0.1, 0.15) is 5.82 Å². The molecule has 2 heterocycles. The second-order valence-electron chi connectivity index (χ2n) is 7.09. The first kappa shape index (κ1) is 21.0. The molecule has 0 saturated heterocycles. The maximum atomic E-state index is 13.2. The summed E-state index contributed by atoms with van der Waals surface area (Å²) in [5, 5.41) is 1.25. The molecule has 27 heavy (non-hydrogen) atoms. The third-order valence-corrected chi connectivity index (χ3v) is 4.96. The van der Waals surface area contributed by atoms with E-state index < -0.39 is 0 Å². The van der Waals surface area contributed by atoms with Gasteiger partial charge >= 0.3 is 0 Å². The minimum atomic E-state index is -0.218. The van der Waals surface area contributed by atoms with E-state index in [1.165, 1.54) is 39.9 Å². The Labute approximate surface area is 166 Å².